The lowest BCUT2D eigenvalue weighted by Gasteiger charge is -2.14. The summed E-state index contributed by atoms with van der Waals surface area (Å²) in [6.45, 7) is 1.00. The van der Waals surface area contributed by atoms with Gasteiger partial charge in [0, 0.05) is 18.7 Å². The highest BCUT2D eigenvalue weighted by atomic mass is 35.5. The van der Waals surface area contributed by atoms with Gasteiger partial charge >= 0.3 is 0 Å². The molecule has 3 rings (SSSR count). The van der Waals surface area contributed by atoms with Gasteiger partial charge in [-0.15, -0.1) is 23.2 Å². The molecule has 2 aromatic rings. The van der Waals surface area contributed by atoms with Gasteiger partial charge in [0.25, 0.3) is 5.91 Å². The van der Waals surface area contributed by atoms with E-state index >= 15 is 0 Å². The molecule has 0 radical (unpaired) electrons. The molecule has 1 aliphatic rings. The molecule has 3 amide bonds. The fraction of sp³-hybridized carbons (Fsp3) is 0.211. The Morgan fingerprint density at radius 1 is 1.00 bits per heavy atom. The molecule has 6 nitrogen and oxygen atoms in total. The van der Waals surface area contributed by atoms with Crippen molar-refractivity contribution in [3.05, 3.63) is 52.3 Å². The number of alkyl halides is 2. The topological polar surface area (TPSA) is 87.3 Å². The molecule has 12 heteroatoms. The molecule has 1 fully saturated rings. The summed E-state index contributed by atoms with van der Waals surface area (Å²) in [7, 11) is 0. The summed E-state index contributed by atoms with van der Waals surface area (Å²) in [4.78, 5) is 35.8. The number of hydrogen-bond acceptors (Lipinski definition) is 3. The van der Waals surface area contributed by atoms with Crippen molar-refractivity contribution in [1.82, 2.24) is 0 Å². The van der Waals surface area contributed by atoms with Gasteiger partial charge in [-0.25, -0.2) is 13.2 Å². The number of amides is 3. The maximum atomic E-state index is 14.5. The second-order valence-corrected chi connectivity index (χ2v) is 8.69. The number of anilines is 3. The van der Waals surface area contributed by atoms with Crippen molar-refractivity contribution >= 4 is 69.6 Å². The molecule has 0 saturated heterocycles. The van der Waals surface area contributed by atoms with Gasteiger partial charge in [-0.1, -0.05) is 11.6 Å². The second-order valence-electron chi connectivity index (χ2n) is 6.74. The predicted octanol–water partition coefficient (Wildman–Crippen LogP) is 5.10. The summed E-state index contributed by atoms with van der Waals surface area (Å²) in [6, 6.07) is 4.17. The minimum atomic E-state index is -1.52. The average Bonchev–Trinajstić information content (AvgIpc) is 3.32. The Hall–Kier alpha value is -2.49. The van der Waals surface area contributed by atoms with E-state index in [-0.39, 0.29) is 22.7 Å². The summed E-state index contributed by atoms with van der Waals surface area (Å²) in [5.41, 5.74) is -1.99. The molecule has 1 atom stereocenters. The van der Waals surface area contributed by atoms with Crippen LogP contribution in [-0.2, 0) is 9.59 Å². The number of rotatable bonds is 5. The number of halogens is 6. The summed E-state index contributed by atoms with van der Waals surface area (Å²) in [5.74, 6) is -7.24. The van der Waals surface area contributed by atoms with E-state index in [0.717, 1.165) is 6.92 Å². The fourth-order valence-corrected chi connectivity index (χ4v) is 3.39. The third kappa shape index (κ3) is 5.06. The first-order valence-corrected chi connectivity index (χ1v) is 9.78. The van der Waals surface area contributed by atoms with Crippen molar-refractivity contribution in [2.75, 3.05) is 16.0 Å². The standard InChI is InChI=1S/C19H13Cl3F3N3O3/c1-7(29)26-15-12(23)5-13(24)16(14(15)25)28-17(30)9-4-8(2-3-11(9)20)27-18(31)10-6-19(10,21)22/h2-5,10H,6H2,1H3,(H,26,29)(H,27,31)(H,28,30). The third-order valence-corrected chi connectivity index (χ3v) is 5.50. The van der Waals surface area contributed by atoms with Crippen LogP contribution in [0.5, 0.6) is 0 Å². The van der Waals surface area contributed by atoms with Crippen molar-refractivity contribution in [2.24, 2.45) is 5.92 Å². The monoisotopic (exact) mass is 493 g/mol. The first kappa shape index (κ1) is 23.2. The van der Waals surface area contributed by atoms with Gasteiger partial charge in [-0.3, -0.25) is 14.4 Å². The molecule has 31 heavy (non-hydrogen) atoms. The molecule has 0 bridgehead atoms. The Balaban J connectivity index is 1.85. The zero-order valence-electron chi connectivity index (χ0n) is 15.6. The van der Waals surface area contributed by atoms with E-state index in [1.807, 2.05) is 10.6 Å². The Kier molecular flexibility index (Phi) is 6.40. The van der Waals surface area contributed by atoms with E-state index in [9.17, 15) is 27.6 Å². The van der Waals surface area contributed by atoms with Gasteiger partial charge in [-0.2, -0.15) is 0 Å². The summed E-state index contributed by atoms with van der Waals surface area (Å²) < 4.78 is 41.3. The summed E-state index contributed by atoms with van der Waals surface area (Å²) in [5, 5.41) is 6.27. The molecule has 0 heterocycles. The Morgan fingerprint density at radius 2 is 1.58 bits per heavy atom. The van der Waals surface area contributed by atoms with Gasteiger partial charge < -0.3 is 16.0 Å². The van der Waals surface area contributed by atoms with Crippen molar-refractivity contribution in [2.45, 2.75) is 17.7 Å². The van der Waals surface area contributed by atoms with Gasteiger partial charge in [-0.05, 0) is 24.6 Å². The van der Waals surface area contributed by atoms with Crippen molar-refractivity contribution in [3.63, 3.8) is 0 Å². The van der Waals surface area contributed by atoms with Crippen LogP contribution in [0.15, 0.2) is 24.3 Å². The van der Waals surface area contributed by atoms with Crippen LogP contribution < -0.4 is 16.0 Å². The van der Waals surface area contributed by atoms with Crippen molar-refractivity contribution in [3.8, 4) is 0 Å². The molecule has 0 aliphatic heterocycles. The quantitative estimate of drug-likeness (QED) is 0.506. The van der Waals surface area contributed by atoms with E-state index in [4.69, 9.17) is 34.8 Å². The van der Waals surface area contributed by atoms with Gasteiger partial charge in [0.2, 0.25) is 11.8 Å². The lowest BCUT2D eigenvalue weighted by atomic mass is 10.1. The maximum absolute atomic E-state index is 14.5. The summed E-state index contributed by atoms with van der Waals surface area (Å²) >= 11 is 17.7. The number of benzene rings is 2. The third-order valence-electron chi connectivity index (χ3n) is 4.33. The Bertz CT molecular complexity index is 1110. The highest BCUT2D eigenvalue weighted by molar-refractivity contribution is 6.52. The minimum Gasteiger partial charge on any atom is -0.326 e. The molecule has 1 unspecified atom stereocenters. The molecule has 1 aliphatic carbocycles. The number of nitrogens with one attached hydrogen (secondary N) is 3. The van der Waals surface area contributed by atoms with Crippen LogP contribution >= 0.6 is 34.8 Å². The molecule has 0 spiro atoms. The molecular weight excluding hydrogens is 482 g/mol. The normalized spacial score (nSPS) is 16.4. The van der Waals surface area contributed by atoms with Crippen LogP contribution in [0.25, 0.3) is 0 Å². The highest BCUT2D eigenvalue weighted by Gasteiger charge is 2.56. The minimum absolute atomic E-state index is 0.0871. The molecule has 3 N–H and O–H groups in total. The molecule has 2 aromatic carbocycles. The van der Waals surface area contributed by atoms with Crippen LogP contribution in [0.2, 0.25) is 5.02 Å². The van der Waals surface area contributed by atoms with E-state index < -0.39 is 56.8 Å². The zero-order chi connectivity index (χ0) is 23.1. The van der Waals surface area contributed by atoms with Crippen LogP contribution in [0, 0.1) is 23.4 Å². The van der Waals surface area contributed by atoms with Gasteiger partial charge in [0.1, 0.15) is 15.7 Å². The SMILES string of the molecule is CC(=O)Nc1c(F)cc(F)c(NC(=O)c2cc(NC(=O)C3CC3(Cl)Cl)ccc2Cl)c1F. The van der Waals surface area contributed by atoms with Gasteiger partial charge in [0.05, 0.1) is 16.5 Å². The average molecular weight is 495 g/mol. The first-order chi connectivity index (χ1) is 14.4. The fourth-order valence-electron chi connectivity index (χ4n) is 2.68. The van der Waals surface area contributed by atoms with Crippen LogP contribution in [-0.4, -0.2) is 22.1 Å². The second kappa shape index (κ2) is 8.57. The van der Waals surface area contributed by atoms with Crippen LogP contribution in [0.1, 0.15) is 23.7 Å². The van der Waals surface area contributed by atoms with Gasteiger partial charge in [0.15, 0.2) is 17.5 Å². The Morgan fingerprint density at radius 3 is 2.13 bits per heavy atom. The van der Waals surface area contributed by atoms with Crippen molar-refractivity contribution < 1.29 is 27.6 Å². The maximum Gasteiger partial charge on any atom is 0.257 e. The highest BCUT2D eigenvalue weighted by Crippen LogP contribution is 2.53. The molecule has 0 aromatic heterocycles. The molecule has 164 valence electrons. The zero-order valence-corrected chi connectivity index (χ0v) is 17.9. The lowest BCUT2D eigenvalue weighted by Crippen LogP contribution is -2.19. The lowest BCUT2D eigenvalue weighted by molar-refractivity contribution is -0.117. The van der Waals surface area contributed by atoms with E-state index in [1.165, 1.54) is 18.2 Å². The van der Waals surface area contributed by atoms with E-state index in [1.54, 1.807) is 0 Å². The number of carbonyl (C=O) groups is 3. The predicted molar refractivity (Wildman–Crippen MR) is 111 cm³/mol. The van der Waals surface area contributed by atoms with Crippen molar-refractivity contribution in [1.29, 1.82) is 0 Å². The number of carbonyl (C=O) groups excluding carboxylic acids is 3. The molecular formula is C19H13Cl3F3N3O3. The Labute approximate surface area is 189 Å². The van der Waals surface area contributed by atoms with E-state index in [2.05, 4.69) is 5.32 Å². The summed E-state index contributed by atoms with van der Waals surface area (Å²) in [6.07, 6.45) is 0.266. The van der Waals surface area contributed by atoms with E-state index in [0.29, 0.717) is 6.07 Å². The molecule has 1 saturated carbocycles. The first-order valence-electron chi connectivity index (χ1n) is 8.65. The van der Waals surface area contributed by atoms with Crippen LogP contribution in [0.3, 0.4) is 0 Å². The number of hydrogen-bond donors (Lipinski definition) is 3. The largest absolute Gasteiger partial charge is 0.326 e. The van der Waals surface area contributed by atoms with Crippen LogP contribution in [0.4, 0.5) is 30.2 Å². The smallest absolute Gasteiger partial charge is 0.257 e.